The third-order valence-electron chi connectivity index (χ3n) is 2.48. The van der Waals surface area contributed by atoms with Crippen LogP contribution in [0.25, 0.3) is 23.0 Å². The number of nitrogens with zero attached hydrogens (tertiary/aromatic N) is 4. The molecule has 0 radical (unpaired) electrons. The van der Waals surface area contributed by atoms with Crippen LogP contribution in [0.2, 0.25) is 0 Å². The Labute approximate surface area is 104 Å². The number of hydrogen-bond acceptors (Lipinski definition) is 5. The van der Waals surface area contributed by atoms with Gasteiger partial charge in [-0.3, -0.25) is 9.97 Å². The Kier molecular flexibility index (Phi) is 2.57. The second-order valence-electron chi connectivity index (χ2n) is 3.83. The van der Waals surface area contributed by atoms with E-state index < -0.39 is 0 Å². The molecule has 18 heavy (non-hydrogen) atoms. The molecule has 0 saturated carbocycles. The number of rotatable bonds is 2. The van der Waals surface area contributed by atoms with Crippen molar-refractivity contribution in [1.29, 1.82) is 0 Å². The van der Waals surface area contributed by atoms with E-state index in [9.17, 15) is 0 Å². The van der Waals surface area contributed by atoms with E-state index in [1.165, 1.54) is 0 Å². The Bertz CT molecular complexity index is 646. The maximum Gasteiger partial charge on any atom is 0.259 e. The minimum atomic E-state index is 0.447. The SMILES string of the molecule is Cc1ccc(-c2nc(-c3ccccn3)no2)cn1. The van der Waals surface area contributed by atoms with Crippen LogP contribution in [0.1, 0.15) is 5.69 Å². The highest BCUT2D eigenvalue weighted by atomic mass is 16.5. The summed E-state index contributed by atoms with van der Waals surface area (Å²) in [7, 11) is 0. The molecule has 0 aliphatic carbocycles. The third kappa shape index (κ3) is 1.98. The smallest absolute Gasteiger partial charge is 0.259 e. The molecule has 88 valence electrons. The fraction of sp³-hybridized carbons (Fsp3) is 0.0769. The van der Waals surface area contributed by atoms with Crippen molar-refractivity contribution < 1.29 is 4.52 Å². The first-order valence-electron chi connectivity index (χ1n) is 5.51. The van der Waals surface area contributed by atoms with Crippen molar-refractivity contribution in [3.63, 3.8) is 0 Å². The van der Waals surface area contributed by atoms with Gasteiger partial charge in [-0.05, 0) is 31.2 Å². The number of hydrogen-bond donors (Lipinski definition) is 0. The van der Waals surface area contributed by atoms with Crippen LogP contribution in [-0.2, 0) is 0 Å². The van der Waals surface area contributed by atoms with Gasteiger partial charge in [0.25, 0.3) is 5.89 Å². The molecule has 0 aliphatic rings. The zero-order chi connectivity index (χ0) is 12.4. The molecule has 0 fully saturated rings. The van der Waals surface area contributed by atoms with Crippen molar-refractivity contribution in [1.82, 2.24) is 20.1 Å². The van der Waals surface area contributed by atoms with Gasteiger partial charge < -0.3 is 4.52 Å². The molecule has 0 bridgehead atoms. The van der Waals surface area contributed by atoms with E-state index in [0.29, 0.717) is 17.4 Å². The summed E-state index contributed by atoms with van der Waals surface area (Å²) < 4.78 is 5.20. The zero-order valence-electron chi connectivity index (χ0n) is 9.74. The van der Waals surface area contributed by atoms with Crippen LogP contribution in [0.3, 0.4) is 0 Å². The van der Waals surface area contributed by atoms with Crippen LogP contribution in [0.4, 0.5) is 0 Å². The number of pyridine rings is 2. The molecule has 3 aromatic heterocycles. The highest BCUT2D eigenvalue weighted by Crippen LogP contribution is 2.20. The lowest BCUT2D eigenvalue weighted by Gasteiger charge is -1.93. The maximum absolute atomic E-state index is 5.20. The highest BCUT2D eigenvalue weighted by Gasteiger charge is 2.11. The first kappa shape index (κ1) is 10.6. The standard InChI is InChI=1S/C13H10N4O/c1-9-5-6-10(8-15-9)13-16-12(17-18-13)11-4-2-3-7-14-11/h2-8H,1H3. The molecular weight excluding hydrogens is 228 g/mol. The molecule has 0 spiro atoms. The van der Waals surface area contributed by atoms with E-state index in [2.05, 4.69) is 20.1 Å². The Morgan fingerprint density at radius 3 is 2.72 bits per heavy atom. The molecule has 0 N–H and O–H groups in total. The first-order chi connectivity index (χ1) is 8.83. The molecule has 3 rings (SSSR count). The van der Waals surface area contributed by atoms with Gasteiger partial charge in [-0.25, -0.2) is 0 Å². The Morgan fingerprint density at radius 2 is 2.00 bits per heavy atom. The van der Waals surface area contributed by atoms with E-state index in [0.717, 1.165) is 11.3 Å². The van der Waals surface area contributed by atoms with E-state index >= 15 is 0 Å². The van der Waals surface area contributed by atoms with Crippen molar-refractivity contribution in [3.8, 4) is 23.0 Å². The molecule has 0 amide bonds. The van der Waals surface area contributed by atoms with Crippen LogP contribution in [0, 0.1) is 6.92 Å². The van der Waals surface area contributed by atoms with Crippen molar-refractivity contribution in [3.05, 3.63) is 48.4 Å². The monoisotopic (exact) mass is 238 g/mol. The fourth-order valence-corrected chi connectivity index (χ4v) is 1.53. The van der Waals surface area contributed by atoms with Gasteiger partial charge in [-0.15, -0.1) is 0 Å². The molecule has 3 aromatic rings. The minimum Gasteiger partial charge on any atom is -0.333 e. The van der Waals surface area contributed by atoms with E-state index in [1.54, 1.807) is 12.4 Å². The molecule has 0 aromatic carbocycles. The summed E-state index contributed by atoms with van der Waals surface area (Å²) >= 11 is 0. The third-order valence-corrected chi connectivity index (χ3v) is 2.48. The number of aromatic nitrogens is 4. The fourth-order valence-electron chi connectivity index (χ4n) is 1.53. The summed E-state index contributed by atoms with van der Waals surface area (Å²) in [5.41, 5.74) is 2.44. The van der Waals surface area contributed by atoms with Gasteiger partial charge in [0, 0.05) is 18.1 Å². The van der Waals surface area contributed by atoms with Gasteiger partial charge in [0.15, 0.2) is 0 Å². The number of aryl methyl sites for hydroxylation is 1. The van der Waals surface area contributed by atoms with Crippen LogP contribution in [-0.4, -0.2) is 20.1 Å². The molecule has 0 atom stereocenters. The first-order valence-corrected chi connectivity index (χ1v) is 5.51. The van der Waals surface area contributed by atoms with Gasteiger partial charge in [-0.1, -0.05) is 11.2 Å². The molecular formula is C13H10N4O. The predicted octanol–water partition coefficient (Wildman–Crippen LogP) is 2.50. The summed E-state index contributed by atoms with van der Waals surface area (Å²) in [5.74, 6) is 0.925. The van der Waals surface area contributed by atoms with Crippen molar-refractivity contribution in [2.45, 2.75) is 6.92 Å². The van der Waals surface area contributed by atoms with E-state index in [1.807, 2.05) is 37.3 Å². The van der Waals surface area contributed by atoms with Crippen LogP contribution >= 0.6 is 0 Å². The normalized spacial score (nSPS) is 10.5. The van der Waals surface area contributed by atoms with Crippen LogP contribution in [0.15, 0.2) is 47.2 Å². The van der Waals surface area contributed by atoms with Crippen molar-refractivity contribution in [2.75, 3.05) is 0 Å². The van der Waals surface area contributed by atoms with Gasteiger partial charge in [0.05, 0.1) is 5.56 Å². The second-order valence-corrected chi connectivity index (χ2v) is 3.83. The summed E-state index contributed by atoms with van der Waals surface area (Å²) in [5, 5.41) is 3.91. The lowest BCUT2D eigenvalue weighted by Crippen LogP contribution is -1.85. The van der Waals surface area contributed by atoms with E-state index in [4.69, 9.17) is 4.52 Å². The maximum atomic E-state index is 5.20. The molecule has 5 nitrogen and oxygen atoms in total. The molecule has 0 aliphatic heterocycles. The molecule has 0 unspecified atom stereocenters. The van der Waals surface area contributed by atoms with Crippen molar-refractivity contribution in [2.24, 2.45) is 0 Å². The van der Waals surface area contributed by atoms with Crippen molar-refractivity contribution >= 4 is 0 Å². The molecule has 0 saturated heterocycles. The minimum absolute atomic E-state index is 0.447. The lowest BCUT2D eigenvalue weighted by molar-refractivity contribution is 0.432. The Hall–Kier alpha value is -2.56. The Balaban J connectivity index is 1.97. The highest BCUT2D eigenvalue weighted by molar-refractivity contribution is 5.56. The van der Waals surface area contributed by atoms with Gasteiger partial charge in [-0.2, -0.15) is 4.98 Å². The lowest BCUT2D eigenvalue weighted by atomic mass is 10.2. The quantitative estimate of drug-likeness (QED) is 0.686. The summed E-state index contributed by atoms with van der Waals surface area (Å²) in [4.78, 5) is 12.7. The zero-order valence-corrected chi connectivity index (χ0v) is 9.74. The summed E-state index contributed by atoms with van der Waals surface area (Å²) in [6, 6.07) is 9.36. The van der Waals surface area contributed by atoms with Gasteiger partial charge in [0.1, 0.15) is 5.69 Å². The van der Waals surface area contributed by atoms with Crippen LogP contribution < -0.4 is 0 Å². The second kappa shape index (κ2) is 4.37. The largest absolute Gasteiger partial charge is 0.333 e. The molecule has 3 heterocycles. The van der Waals surface area contributed by atoms with E-state index in [-0.39, 0.29) is 0 Å². The summed E-state index contributed by atoms with van der Waals surface area (Å²) in [6.07, 6.45) is 3.41. The topological polar surface area (TPSA) is 64.7 Å². The summed E-state index contributed by atoms with van der Waals surface area (Å²) in [6.45, 7) is 1.93. The Morgan fingerprint density at radius 1 is 1.06 bits per heavy atom. The van der Waals surface area contributed by atoms with Crippen LogP contribution in [0.5, 0.6) is 0 Å². The molecule has 5 heteroatoms. The predicted molar refractivity (Wildman–Crippen MR) is 65.5 cm³/mol. The van der Waals surface area contributed by atoms with Gasteiger partial charge >= 0.3 is 0 Å². The average Bonchev–Trinajstić information content (AvgIpc) is 2.90. The average molecular weight is 238 g/mol. The van der Waals surface area contributed by atoms with Gasteiger partial charge in [0.2, 0.25) is 5.82 Å².